The zero-order chi connectivity index (χ0) is 17.7. The summed E-state index contributed by atoms with van der Waals surface area (Å²) in [7, 11) is 0. The van der Waals surface area contributed by atoms with Gasteiger partial charge in [0.05, 0.1) is 13.2 Å². The van der Waals surface area contributed by atoms with E-state index in [1.807, 2.05) is 0 Å². The number of alkyl halides is 2. The molecule has 22 heavy (non-hydrogen) atoms. The molecule has 0 heterocycles. The van der Waals surface area contributed by atoms with Crippen molar-refractivity contribution in [1.82, 2.24) is 0 Å². The van der Waals surface area contributed by atoms with Gasteiger partial charge in [-0.2, -0.15) is 0 Å². The molecular weight excluding hydrogens is 306 g/mol. The molecule has 0 aliphatic heterocycles. The van der Waals surface area contributed by atoms with Crippen molar-refractivity contribution in [3.63, 3.8) is 0 Å². The van der Waals surface area contributed by atoms with Crippen LogP contribution in [0.1, 0.15) is 27.7 Å². The van der Waals surface area contributed by atoms with Gasteiger partial charge in [0.1, 0.15) is 11.8 Å². The standard InChI is InChI=1S/C9H12F2O4.C4H6O3/c1-3-14-5-6(7(12)8(10)11)9(13)15-4-2;1-3(5)7-4(2)6/h5,8H,3-4H2,1-2H3;1-2H3. The normalized spacial score (nSPS) is 10.2. The van der Waals surface area contributed by atoms with Crippen molar-refractivity contribution in [3.8, 4) is 0 Å². The minimum atomic E-state index is -3.25. The van der Waals surface area contributed by atoms with Crippen molar-refractivity contribution in [3.05, 3.63) is 11.8 Å². The number of esters is 3. The highest BCUT2D eigenvalue weighted by molar-refractivity contribution is 6.18. The Morgan fingerprint density at radius 3 is 1.77 bits per heavy atom. The van der Waals surface area contributed by atoms with Gasteiger partial charge in [-0.1, -0.05) is 0 Å². The number of ether oxygens (including phenoxy) is 3. The zero-order valence-electron chi connectivity index (χ0n) is 12.7. The molecule has 0 saturated carbocycles. The van der Waals surface area contributed by atoms with Crippen molar-refractivity contribution in [2.24, 2.45) is 0 Å². The average Bonchev–Trinajstić information content (AvgIpc) is 2.38. The van der Waals surface area contributed by atoms with Crippen LogP contribution in [-0.4, -0.2) is 43.3 Å². The summed E-state index contributed by atoms with van der Waals surface area (Å²) in [5, 5.41) is 0. The third-order valence-corrected chi connectivity index (χ3v) is 1.61. The third kappa shape index (κ3) is 11.5. The molecule has 0 radical (unpaired) electrons. The van der Waals surface area contributed by atoms with Crippen LogP contribution < -0.4 is 0 Å². The minimum absolute atomic E-state index is 0.00117. The van der Waals surface area contributed by atoms with E-state index >= 15 is 0 Å². The van der Waals surface area contributed by atoms with E-state index in [2.05, 4.69) is 14.2 Å². The molecule has 126 valence electrons. The van der Waals surface area contributed by atoms with Crippen molar-refractivity contribution in [1.29, 1.82) is 0 Å². The van der Waals surface area contributed by atoms with Crippen LogP contribution in [0, 0.1) is 0 Å². The summed E-state index contributed by atoms with van der Waals surface area (Å²) in [6.07, 6.45) is -2.55. The largest absolute Gasteiger partial charge is 0.500 e. The Morgan fingerprint density at radius 1 is 1.00 bits per heavy atom. The lowest BCUT2D eigenvalue weighted by Crippen LogP contribution is -2.21. The summed E-state index contributed by atoms with van der Waals surface area (Å²) in [5.74, 6) is -3.82. The summed E-state index contributed by atoms with van der Waals surface area (Å²) in [4.78, 5) is 41.6. The molecule has 0 aromatic rings. The molecule has 0 aromatic carbocycles. The van der Waals surface area contributed by atoms with E-state index in [9.17, 15) is 28.0 Å². The van der Waals surface area contributed by atoms with Gasteiger partial charge in [-0.15, -0.1) is 0 Å². The topological polar surface area (TPSA) is 96.0 Å². The second-order valence-electron chi connectivity index (χ2n) is 3.46. The predicted molar refractivity (Wildman–Crippen MR) is 69.8 cm³/mol. The lowest BCUT2D eigenvalue weighted by atomic mass is 10.2. The highest BCUT2D eigenvalue weighted by Gasteiger charge is 2.27. The maximum Gasteiger partial charge on any atom is 0.345 e. The zero-order valence-corrected chi connectivity index (χ0v) is 12.7. The molecule has 0 N–H and O–H groups in total. The van der Waals surface area contributed by atoms with E-state index in [-0.39, 0.29) is 13.2 Å². The molecule has 0 unspecified atom stereocenters. The number of ketones is 1. The summed E-state index contributed by atoms with van der Waals surface area (Å²) in [6.45, 7) is 5.62. The molecule has 0 aromatic heterocycles. The summed E-state index contributed by atoms with van der Waals surface area (Å²) in [5.41, 5.74) is -0.770. The lowest BCUT2D eigenvalue weighted by molar-refractivity contribution is -0.156. The van der Waals surface area contributed by atoms with E-state index in [0.29, 0.717) is 6.26 Å². The fraction of sp³-hybridized carbons (Fsp3) is 0.538. The first kappa shape index (κ1) is 22.0. The van der Waals surface area contributed by atoms with Crippen LogP contribution in [-0.2, 0) is 33.4 Å². The molecular formula is C13H18F2O7. The van der Waals surface area contributed by atoms with Crippen molar-refractivity contribution in [2.75, 3.05) is 13.2 Å². The van der Waals surface area contributed by atoms with E-state index in [1.165, 1.54) is 20.8 Å². The Hall–Kier alpha value is -2.32. The van der Waals surface area contributed by atoms with Gasteiger partial charge in [0.2, 0.25) is 5.78 Å². The smallest absolute Gasteiger partial charge is 0.345 e. The third-order valence-electron chi connectivity index (χ3n) is 1.61. The molecule has 9 heteroatoms. The maximum atomic E-state index is 12.1. The minimum Gasteiger partial charge on any atom is -0.500 e. The molecule has 0 fully saturated rings. The van der Waals surface area contributed by atoms with E-state index in [1.54, 1.807) is 6.92 Å². The van der Waals surface area contributed by atoms with Gasteiger partial charge < -0.3 is 14.2 Å². The van der Waals surface area contributed by atoms with Crippen molar-refractivity contribution < 1.29 is 42.2 Å². The molecule has 7 nitrogen and oxygen atoms in total. The molecule has 0 aliphatic carbocycles. The monoisotopic (exact) mass is 324 g/mol. The molecule has 0 spiro atoms. The Balaban J connectivity index is 0. The van der Waals surface area contributed by atoms with Crippen molar-refractivity contribution in [2.45, 2.75) is 34.1 Å². The van der Waals surface area contributed by atoms with Gasteiger partial charge in [0.15, 0.2) is 0 Å². The Labute approximate surface area is 126 Å². The summed E-state index contributed by atoms with van der Waals surface area (Å²) in [6, 6.07) is 0. The molecule has 0 atom stereocenters. The molecule has 0 rings (SSSR count). The number of rotatable bonds is 6. The Kier molecular flexibility index (Phi) is 12.4. The second kappa shape index (κ2) is 12.4. The fourth-order valence-corrected chi connectivity index (χ4v) is 0.902. The van der Waals surface area contributed by atoms with Gasteiger partial charge in [0.25, 0.3) is 0 Å². The van der Waals surface area contributed by atoms with Crippen LogP contribution in [0.15, 0.2) is 11.8 Å². The van der Waals surface area contributed by atoms with Crippen LogP contribution in [0.25, 0.3) is 0 Å². The highest BCUT2D eigenvalue weighted by Crippen LogP contribution is 2.08. The highest BCUT2D eigenvalue weighted by atomic mass is 19.3. The van der Waals surface area contributed by atoms with Crippen LogP contribution in [0.4, 0.5) is 8.78 Å². The van der Waals surface area contributed by atoms with E-state index in [0.717, 1.165) is 0 Å². The number of hydrogen-bond acceptors (Lipinski definition) is 7. The predicted octanol–water partition coefficient (Wildman–Crippen LogP) is 1.40. The van der Waals surface area contributed by atoms with Crippen LogP contribution in [0.3, 0.4) is 0 Å². The number of halogens is 2. The number of carbonyl (C=O) groups excluding carboxylic acids is 4. The summed E-state index contributed by atoms with van der Waals surface area (Å²) < 4.78 is 37.1. The van der Waals surface area contributed by atoms with Crippen LogP contribution in [0.5, 0.6) is 0 Å². The van der Waals surface area contributed by atoms with Crippen molar-refractivity contribution >= 4 is 23.7 Å². The number of carbonyl (C=O) groups is 4. The van der Waals surface area contributed by atoms with E-state index in [4.69, 9.17) is 0 Å². The average molecular weight is 324 g/mol. The molecule has 0 amide bonds. The van der Waals surface area contributed by atoms with Gasteiger partial charge in [-0.25, -0.2) is 13.6 Å². The first-order valence-corrected chi connectivity index (χ1v) is 6.17. The van der Waals surface area contributed by atoms with Gasteiger partial charge in [-0.3, -0.25) is 14.4 Å². The maximum absolute atomic E-state index is 12.1. The first-order chi connectivity index (χ1) is 10.2. The van der Waals surface area contributed by atoms with E-state index < -0.39 is 35.7 Å². The fourth-order valence-electron chi connectivity index (χ4n) is 0.902. The molecule has 0 saturated heterocycles. The second-order valence-corrected chi connectivity index (χ2v) is 3.46. The quantitative estimate of drug-likeness (QED) is 0.239. The SMILES string of the molecule is CC(=O)OC(C)=O.CCOC=C(C(=O)OCC)C(=O)C(F)F. The Bertz CT molecular complexity index is 418. The molecule has 0 aliphatic rings. The van der Waals surface area contributed by atoms with Crippen LogP contribution in [0.2, 0.25) is 0 Å². The van der Waals surface area contributed by atoms with Crippen LogP contribution >= 0.6 is 0 Å². The van der Waals surface area contributed by atoms with Gasteiger partial charge in [0, 0.05) is 13.8 Å². The lowest BCUT2D eigenvalue weighted by Gasteiger charge is -2.05. The number of hydrogen-bond donors (Lipinski definition) is 0. The number of Topliss-reactive ketones (excluding diaryl/α,β-unsaturated/α-hetero) is 1. The summed E-state index contributed by atoms with van der Waals surface area (Å²) >= 11 is 0. The van der Waals surface area contributed by atoms with Gasteiger partial charge in [-0.05, 0) is 13.8 Å². The molecule has 0 bridgehead atoms. The first-order valence-electron chi connectivity index (χ1n) is 6.17. The van der Waals surface area contributed by atoms with Gasteiger partial charge >= 0.3 is 24.3 Å². The Morgan fingerprint density at radius 2 is 1.50 bits per heavy atom.